The Hall–Kier alpha value is -3.61. The molecule has 0 aliphatic carbocycles. The van der Waals surface area contributed by atoms with E-state index >= 15 is 0 Å². The van der Waals surface area contributed by atoms with Crippen LogP contribution in [0.4, 0.5) is 0 Å². The number of nitrogens with one attached hydrogen (secondary N) is 1. The van der Waals surface area contributed by atoms with E-state index in [-0.39, 0.29) is 11.7 Å². The molecule has 0 radical (unpaired) electrons. The minimum Gasteiger partial charge on any atom is -0.508 e. The van der Waals surface area contributed by atoms with Crippen molar-refractivity contribution in [1.29, 1.82) is 0 Å². The summed E-state index contributed by atoms with van der Waals surface area (Å²) in [5.74, 6) is -0.000970. The van der Waals surface area contributed by atoms with Gasteiger partial charge in [0.1, 0.15) is 5.75 Å². The zero-order chi connectivity index (χ0) is 19.9. The third-order valence-corrected chi connectivity index (χ3v) is 4.28. The number of aromatic hydroxyl groups is 1. The van der Waals surface area contributed by atoms with Crippen molar-refractivity contribution in [3.8, 4) is 5.75 Å². The molecule has 2 aromatic carbocycles. The molecule has 1 heterocycles. The Morgan fingerprint density at radius 1 is 1.32 bits per heavy atom. The Bertz CT molecular complexity index is 1050. The molecule has 0 saturated heterocycles. The molecular formula is C21H23N5O2. The topological polar surface area (TPSA) is 83.3 Å². The number of hydrogen-bond donors (Lipinski definition) is 2. The molecule has 7 nitrogen and oxygen atoms in total. The Morgan fingerprint density at radius 3 is 2.89 bits per heavy atom. The number of carbonyl (C=O) groups excluding carboxylic acids is 1. The van der Waals surface area contributed by atoms with Crippen molar-refractivity contribution >= 4 is 18.7 Å². The summed E-state index contributed by atoms with van der Waals surface area (Å²) in [7, 11) is 1.98. The average molecular weight is 377 g/mol. The molecule has 0 bridgehead atoms. The molecule has 0 saturated carbocycles. The normalized spacial score (nSPS) is 11.4. The first-order valence-electron chi connectivity index (χ1n) is 8.92. The van der Waals surface area contributed by atoms with Crippen LogP contribution in [-0.2, 0) is 13.1 Å². The van der Waals surface area contributed by atoms with Gasteiger partial charge in [-0.1, -0.05) is 30.0 Å². The maximum Gasteiger partial charge on any atom is 0.251 e. The van der Waals surface area contributed by atoms with Gasteiger partial charge in [0.25, 0.3) is 5.91 Å². The third kappa shape index (κ3) is 5.20. The fraction of sp³-hybridized carbons (Fsp3) is 0.190. The lowest BCUT2D eigenvalue weighted by Crippen LogP contribution is -2.31. The molecule has 28 heavy (non-hydrogen) atoms. The molecular weight excluding hydrogens is 354 g/mol. The summed E-state index contributed by atoms with van der Waals surface area (Å²) >= 11 is 0. The number of amides is 1. The van der Waals surface area contributed by atoms with Crippen molar-refractivity contribution in [2.45, 2.75) is 13.1 Å². The quantitative estimate of drug-likeness (QED) is 0.633. The molecule has 0 atom stereocenters. The first-order valence-corrected chi connectivity index (χ1v) is 8.92. The highest BCUT2D eigenvalue weighted by atomic mass is 16.3. The van der Waals surface area contributed by atoms with Gasteiger partial charge in [-0.3, -0.25) is 9.48 Å². The van der Waals surface area contributed by atoms with Gasteiger partial charge in [-0.05, 0) is 40.3 Å². The van der Waals surface area contributed by atoms with Crippen molar-refractivity contribution in [2.24, 2.45) is 0 Å². The van der Waals surface area contributed by atoms with Gasteiger partial charge in [0, 0.05) is 38.1 Å². The standard InChI is InChI=1S/C21H23N5O2/c1-16-12-18(21(28)22-14-17-4-3-5-20(27)13-17)6-7-19(16)15-25(2)10-11-26-9-8-23-24-26/h3-9,12-13,15,27H,1,10-11,14H2,2H3,(H,22,28)/b19-15-. The highest BCUT2D eigenvalue weighted by Crippen LogP contribution is 2.10. The Morgan fingerprint density at radius 2 is 2.18 bits per heavy atom. The van der Waals surface area contributed by atoms with E-state index in [4.69, 9.17) is 0 Å². The molecule has 1 aromatic heterocycles. The number of likely N-dealkylation sites (N-methyl/N-ethyl adjacent to an activating group) is 1. The van der Waals surface area contributed by atoms with Crippen LogP contribution in [0.3, 0.4) is 0 Å². The molecule has 0 fully saturated rings. The number of phenolic OH excluding ortho intramolecular Hbond substituents is 1. The van der Waals surface area contributed by atoms with Crippen LogP contribution in [-0.4, -0.2) is 44.5 Å². The molecule has 0 aliphatic rings. The van der Waals surface area contributed by atoms with Crippen LogP contribution in [0.5, 0.6) is 5.75 Å². The summed E-state index contributed by atoms with van der Waals surface area (Å²) in [5.41, 5.74) is 1.38. The number of hydrogen-bond acceptors (Lipinski definition) is 5. The summed E-state index contributed by atoms with van der Waals surface area (Å²) < 4.78 is 1.77. The van der Waals surface area contributed by atoms with Gasteiger partial charge in [0.15, 0.2) is 0 Å². The van der Waals surface area contributed by atoms with E-state index in [1.807, 2.05) is 36.5 Å². The lowest BCUT2D eigenvalue weighted by atomic mass is 10.1. The molecule has 7 heteroatoms. The van der Waals surface area contributed by atoms with Gasteiger partial charge in [-0.25, -0.2) is 0 Å². The second-order valence-corrected chi connectivity index (χ2v) is 6.54. The lowest BCUT2D eigenvalue weighted by Gasteiger charge is -2.13. The van der Waals surface area contributed by atoms with Gasteiger partial charge in [0.05, 0.1) is 12.7 Å². The zero-order valence-electron chi connectivity index (χ0n) is 15.7. The van der Waals surface area contributed by atoms with Crippen molar-refractivity contribution in [3.05, 3.63) is 76.4 Å². The van der Waals surface area contributed by atoms with Crippen molar-refractivity contribution in [3.63, 3.8) is 0 Å². The summed E-state index contributed by atoms with van der Waals surface area (Å²) in [4.78, 5) is 14.4. The minimum atomic E-state index is -0.181. The first-order chi connectivity index (χ1) is 13.5. The van der Waals surface area contributed by atoms with Crippen molar-refractivity contribution in [1.82, 2.24) is 25.2 Å². The van der Waals surface area contributed by atoms with Crippen molar-refractivity contribution in [2.75, 3.05) is 13.6 Å². The second-order valence-electron chi connectivity index (χ2n) is 6.54. The number of rotatable bonds is 7. The summed E-state index contributed by atoms with van der Waals surface area (Å²) in [6, 6.07) is 12.3. The fourth-order valence-electron chi connectivity index (χ4n) is 2.74. The molecule has 0 spiro atoms. The average Bonchev–Trinajstić information content (AvgIpc) is 3.20. The Labute approximate surface area is 163 Å². The van der Waals surface area contributed by atoms with Crippen LogP contribution >= 0.6 is 0 Å². The van der Waals surface area contributed by atoms with Gasteiger partial charge >= 0.3 is 0 Å². The lowest BCUT2D eigenvalue weighted by molar-refractivity contribution is 0.0950. The van der Waals surface area contributed by atoms with Gasteiger partial charge in [-0.15, -0.1) is 5.10 Å². The number of carbonyl (C=O) groups is 1. The Balaban J connectivity index is 1.62. The number of benzene rings is 2. The van der Waals surface area contributed by atoms with Gasteiger partial charge < -0.3 is 15.3 Å². The maximum absolute atomic E-state index is 12.4. The number of aromatic nitrogens is 3. The van der Waals surface area contributed by atoms with E-state index in [1.54, 1.807) is 41.2 Å². The third-order valence-electron chi connectivity index (χ3n) is 4.28. The largest absolute Gasteiger partial charge is 0.508 e. The summed E-state index contributed by atoms with van der Waals surface area (Å²) in [5, 5.41) is 21.8. The maximum atomic E-state index is 12.4. The molecule has 3 rings (SSSR count). The molecule has 0 aliphatic heterocycles. The number of nitrogens with zero attached hydrogens (tertiary/aromatic N) is 4. The van der Waals surface area contributed by atoms with Crippen LogP contribution in [0, 0.1) is 0 Å². The highest BCUT2D eigenvalue weighted by Gasteiger charge is 2.05. The number of phenols is 1. The van der Waals surface area contributed by atoms with E-state index in [0.717, 1.165) is 29.1 Å². The van der Waals surface area contributed by atoms with E-state index in [0.29, 0.717) is 12.1 Å². The zero-order valence-corrected chi connectivity index (χ0v) is 15.7. The SMILES string of the molecule is C=c1cc(C(=O)NCc2cccc(O)c2)cc/c1=C/N(C)CCn1ccnn1. The molecule has 144 valence electrons. The minimum absolute atomic E-state index is 0.180. The molecule has 2 N–H and O–H groups in total. The summed E-state index contributed by atoms with van der Waals surface area (Å²) in [6.45, 7) is 5.91. The van der Waals surface area contributed by atoms with Crippen LogP contribution < -0.4 is 15.8 Å². The van der Waals surface area contributed by atoms with E-state index in [9.17, 15) is 9.90 Å². The second kappa shape index (κ2) is 8.85. The van der Waals surface area contributed by atoms with Crippen LogP contribution in [0.15, 0.2) is 54.9 Å². The molecule has 1 amide bonds. The van der Waals surface area contributed by atoms with Gasteiger partial charge in [-0.2, -0.15) is 0 Å². The van der Waals surface area contributed by atoms with Crippen LogP contribution in [0.2, 0.25) is 0 Å². The van der Waals surface area contributed by atoms with Crippen molar-refractivity contribution < 1.29 is 9.90 Å². The summed E-state index contributed by atoms with van der Waals surface area (Å²) in [6.07, 6.45) is 5.47. The van der Waals surface area contributed by atoms with E-state index < -0.39 is 0 Å². The van der Waals surface area contributed by atoms with E-state index in [1.165, 1.54) is 0 Å². The monoisotopic (exact) mass is 377 g/mol. The van der Waals surface area contributed by atoms with Gasteiger partial charge in [0.2, 0.25) is 0 Å². The molecule has 3 aromatic rings. The highest BCUT2D eigenvalue weighted by molar-refractivity contribution is 5.94. The predicted molar refractivity (Wildman–Crippen MR) is 108 cm³/mol. The van der Waals surface area contributed by atoms with E-state index in [2.05, 4.69) is 22.2 Å². The molecule has 0 unspecified atom stereocenters. The Kier molecular flexibility index (Phi) is 6.06. The predicted octanol–water partition coefficient (Wildman–Crippen LogP) is 0.694. The van der Waals surface area contributed by atoms with Crippen LogP contribution in [0.25, 0.3) is 12.8 Å². The first kappa shape index (κ1) is 19.2. The smallest absolute Gasteiger partial charge is 0.251 e. The van der Waals surface area contributed by atoms with Crippen LogP contribution in [0.1, 0.15) is 15.9 Å². The fourth-order valence-corrected chi connectivity index (χ4v) is 2.74.